The van der Waals surface area contributed by atoms with Crippen LogP contribution in [0.3, 0.4) is 0 Å². The SMILES string of the molecule is O=C1Cc2cc(S(=O)(=O)Nc3cc4c(cc3C(=O)O)CCCC4)c(Cl)cc2N1. The molecule has 0 saturated carbocycles. The van der Waals surface area contributed by atoms with Crippen molar-refractivity contribution in [1.82, 2.24) is 0 Å². The maximum Gasteiger partial charge on any atom is 0.337 e. The number of sulfonamides is 1. The number of fused-ring (bicyclic) bond motifs is 2. The van der Waals surface area contributed by atoms with Crippen LogP contribution in [0.15, 0.2) is 29.2 Å². The number of rotatable bonds is 4. The molecule has 2 aliphatic rings. The average molecular weight is 421 g/mol. The lowest BCUT2D eigenvalue weighted by Gasteiger charge is -2.19. The first-order chi connectivity index (χ1) is 13.2. The van der Waals surface area contributed by atoms with Crippen LogP contribution in [0.1, 0.15) is 39.9 Å². The molecule has 1 aliphatic heterocycles. The molecule has 0 atom stereocenters. The van der Waals surface area contributed by atoms with E-state index in [0.29, 0.717) is 11.3 Å². The van der Waals surface area contributed by atoms with Crippen molar-refractivity contribution >= 4 is 44.9 Å². The third-order valence-corrected chi connectivity index (χ3v) is 6.86. The second-order valence-electron chi connectivity index (χ2n) is 6.95. The predicted molar refractivity (Wildman–Crippen MR) is 105 cm³/mol. The minimum Gasteiger partial charge on any atom is -0.478 e. The lowest BCUT2D eigenvalue weighted by molar-refractivity contribution is -0.115. The number of hydrogen-bond acceptors (Lipinski definition) is 4. The van der Waals surface area contributed by atoms with E-state index >= 15 is 0 Å². The number of carbonyl (C=O) groups excluding carboxylic acids is 1. The van der Waals surface area contributed by atoms with Gasteiger partial charge in [0.1, 0.15) is 4.90 Å². The first-order valence-corrected chi connectivity index (χ1v) is 10.6. The highest BCUT2D eigenvalue weighted by Gasteiger charge is 2.27. The highest BCUT2D eigenvalue weighted by atomic mass is 35.5. The molecular weight excluding hydrogens is 404 g/mol. The highest BCUT2D eigenvalue weighted by Crippen LogP contribution is 2.34. The van der Waals surface area contributed by atoms with Gasteiger partial charge >= 0.3 is 5.97 Å². The Morgan fingerprint density at radius 2 is 1.75 bits per heavy atom. The number of carboxylic acid groups (broad SMARTS) is 1. The van der Waals surface area contributed by atoms with E-state index in [1.807, 2.05) is 0 Å². The summed E-state index contributed by atoms with van der Waals surface area (Å²) in [7, 11) is -4.15. The Bertz CT molecular complexity index is 1130. The Labute approximate surface area is 166 Å². The first kappa shape index (κ1) is 18.8. The first-order valence-electron chi connectivity index (χ1n) is 8.79. The number of benzene rings is 2. The number of hydrogen-bond donors (Lipinski definition) is 3. The van der Waals surface area contributed by atoms with Gasteiger partial charge in [-0.15, -0.1) is 0 Å². The molecule has 0 spiro atoms. The van der Waals surface area contributed by atoms with Crippen molar-refractivity contribution in [2.45, 2.75) is 37.0 Å². The maximum absolute atomic E-state index is 13.0. The zero-order chi connectivity index (χ0) is 20.1. The largest absolute Gasteiger partial charge is 0.478 e. The summed E-state index contributed by atoms with van der Waals surface area (Å²) in [6.45, 7) is 0. The van der Waals surface area contributed by atoms with Gasteiger partial charge in [-0.2, -0.15) is 0 Å². The molecule has 146 valence electrons. The molecule has 9 heteroatoms. The number of carboxylic acids is 1. The number of aromatic carboxylic acids is 1. The minimum atomic E-state index is -4.15. The molecule has 3 N–H and O–H groups in total. The van der Waals surface area contributed by atoms with Gasteiger partial charge in [0.2, 0.25) is 5.91 Å². The summed E-state index contributed by atoms with van der Waals surface area (Å²) in [6, 6.07) is 5.88. The summed E-state index contributed by atoms with van der Waals surface area (Å²) < 4.78 is 28.3. The Kier molecular flexibility index (Phi) is 4.55. The third kappa shape index (κ3) is 3.33. The highest BCUT2D eigenvalue weighted by molar-refractivity contribution is 7.92. The van der Waals surface area contributed by atoms with Crippen molar-refractivity contribution in [1.29, 1.82) is 0 Å². The molecule has 1 aliphatic carbocycles. The molecule has 0 fully saturated rings. The lowest BCUT2D eigenvalue weighted by Crippen LogP contribution is -2.18. The van der Waals surface area contributed by atoms with Crippen LogP contribution in [-0.4, -0.2) is 25.4 Å². The Morgan fingerprint density at radius 3 is 2.43 bits per heavy atom. The van der Waals surface area contributed by atoms with E-state index < -0.39 is 16.0 Å². The maximum atomic E-state index is 13.0. The molecule has 0 bridgehead atoms. The van der Waals surface area contributed by atoms with Crippen LogP contribution in [0.4, 0.5) is 11.4 Å². The van der Waals surface area contributed by atoms with Gasteiger partial charge in [0.05, 0.1) is 22.7 Å². The molecule has 28 heavy (non-hydrogen) atoms. The fourth-order valence-corrected chi connectivity index (χ4v) is 5.33. The summed E-state index contributed by atoms with van der Waals surface area (Å²) >= 11 is 6.14. The van der Waals surface area contributed by atoms with Crippen molar-refractivity contribution in [3.8, 4) is 0 Å². The standard InChI is InChI=1S/C19H17ClN2O5S/c20-14-9-15-12(8-18(23)21-15)7-17(14)28(26,27)22-16-6-11-4-2-1-3-10(11)5-13(16)19(24)25/h5-7,9,22H,1-4,8H2,(H,21,23)(H,24,25). The van der Waals surface area contributed by atoms with Crippen molar-refractivity contribution in [3.05, 3.63) is 51.5 Å². The van der Waals surface area contributed by atoms with Gasteiger partial charge in [-0.1, -0.05) is 11.6 Å². The van der Waals surface area contributed by atoms with Crippen LogP contribution < -0.4 is 10.0 Å². The smallest absolute Gasteiger partial charge is 0.337 e. The van der Waals surface area contributed by atoms with Crippen LogP contribution in [0.5, 0.6) is 0 Å². The predicted octanol–water partition coefficient (Wildman–Crippen LogP) is 3.21. The van der Waals surface area contributed by atoms with E-state index in [2.05, 4.69) is 10.0 Å². The molecular formula is C19H17ClN2O5S. The van der Waals surface area contributed by atoms with Crippen molar-refractivity contribution in [2.24, 2.45) is 0 Å². The summed E-state index contributed by atoms with van der Waals surface area (Å²) in [4.78, 5) is 23.0. The van der Waals surface area contributed by atoms with Crippen molar-refractivity contribution < 1.29 is 23.1 Å². The van der Waals surface area contributed by atoms with Gasteiger partial charge < -0.3 is 10.4 Å². The second-order valence-corrected chi connectivity index (χ2v) is 9.01. The molecule has 4 rings (SSSR count). The number of nitrogens with one attached hydrogen (secondary N) is 2. The van der Waals surface area contributed by atoms with Crippen molar-refractivity contribution in [3.63, 3.8) is 0 Å². The summed E-state index contributed by atoms with van der Waals surface area (Å²) in [5, 5.41) is 12.1. The van der Waals surface area contributed by atoms with E-state index in [-0.39, 0.29) is 33.5 Å². The van der Waals surface area contributed by atoms with Crippen LogP contribution in [0.25, 0.3) is 0 Å². The molecule has 2 aromatic carbocycles. The number of carbonyl (C=O) groups is 2. The van der Waals surface area contributed by atoms with Gasteiger partial charge in [-0.05, 0) is 66.6 Å². The zero-order valence-electron chi connectivity index (χ0n) is 14.7. The zero-order valence-corrected chi connectivity index (χ0v) is 16.3. The lowest BCUT2D eigenvalue weighted by atomic mass is 9.89. The van der Waals surface area contributed by atoms with E-state index in [1.54, 1.807) is 12.1 Å². The van der Waals surface area contributed by atoms with Crippen molar-refractivity contribution in [2.75, 3.05) is 10.0 Å². The molecule has 2 aromatic rings. The van der Waals surface area contributed by atoms with Crippen LogP contribution >= 0.6 is 11.6 Å². The van der Waals surface area contributed by atoms with E-state index in [4.69, 9.17) is 11.6 Å². The quantitative estimate of drug-likeness (QED) is 0.703. The summed E-state index contributed by atoms with van der Waals surface area (Å²) in [5.74, 6) is -1.45. The van der Waals surface area contributed by atoms with Crippen LogP contribution in [-0.2, 0) is 34.1 Å². The molecule has 7 nitrogen and oxygen atoms in total. The summed E-state index contributed by atoms with van der Waals surface area (Å²) in [6.07, 6.45) is 3.57. The monoisotopic (exact) mass is 420 g/mol. The summed E-state index contributed by atoms with van der Waals surface area (Å²) in [5.41, 5.74) is 2.81. The molecule has 0 radical (unpaired) electrons. The van der Waals surface area contributed by atoms with Crippen LogP contribution in [0, 0.1) is 0 Å². The van der Waals surface area contributed by atoms with Gasteiger partial charge in [-0.3, -0.25) is 9.52 Å². The Balaban J connectivity index is 1.76. The molecule has 1 amide bonds. The van der Waals surface area contributed by atoms with Gasteiger partial charge in [0.25, 0.3) is 10.0 Å². The average Bonchev–Trinajstić information content (AvgIpc) is 2.98. The second kappa shape index (κ2) is 6.79. The number of amides is 1. The normalized spacial score (nSPS) is 15.5. The van der Waals surface area contributed by atoms with Gasteiger partial charge in [0.15, 0.2) is 0 Å². The molecule has 1 heterocycles. The number of anilines is 2. The van der Waals surface area contributed by atoms with E-state index in [9.17, 15) is 23.1 Å². The van der Waals surface area contributed by atoms with Gasteiger partial charge in [0, 0.05) is 5.69 Å². The van der Waals surface area contributed by atoms with Crippen LogP contribution in [0.2, 0.25) is 5.02 Å². The fraction of sp³-hybridized carbons (Fsp3) is 0.263. The van der Waals surface area contributed by atoms with E-state index in [0.717, 1.165) is 36.8 Å². The molecule has 0 aromatic heterocycles. The topological polar surface area (TPSA) is 113 Å². The number of halogens is 1. The Morgan fingerprint density at radius 1 is 1.07 bits per heavy atom. The van der Waals surface area contributed by atoms with Gasteiger partial charge in [-0.25, -0.2) is 13.2 Å². The molecule has 0 saturated heterocycles. The molecule has 0 unspecified atom stereocenters. The third-order valence-electron chi connectivity index (χ3n) is 5.03. The minimum absolute atomic E-state index is 0.0129. The fourth-order valence-electron chi connectivity index (χ4n) is 3.68. The Hall–Kier alpha value is -2.58. The number of aryl methyl sites for hydroxylation is 2. The van der Waals surface area contributed by atoms with E-state index in [1.165, 1.54) is 12.1 Å².